The molecule has 1 aromatic rings. The van der Waals surface area contributed by atoms with Gasteiger partial charge in [0, 0.05) is 39.4 Å². The van der Waals surface area contributed by atoms with Crippen molar-refractivity contribution >= 4 is 17.9 Å². The van der Waals surface area contributed by atoms with Gasteiger partial charge < -0.3 is 14.5 Å². The summed E-state index contributed by atoms with van der Waals surface area (Å²) in [6.07, 6.45) is 3.81. The first kappa shape index (κ1) is 16.2. The van der Waals surface area contributed by atoms with Gasteiger partial charge in [-0.25, -0.2) is 0 Å². The average Bonchev–Trinajstić information content (AvgIpc) is 2.58. The highest BCUT2D eigenvalue weighted by atomic mass is 16.5. The van der Waals surface area contributed by atoms with Gasteiger partial charge in [0.15, 0.2) is 0 Å². The molecule has 0 atom stereocenters. The lowest BCUT2D eigenvalue weighted by atomic mass is 10.2. The number of rotatable bonds is 5. The van der Waals surface area contributed by atoms with Gasteiger partial charge in [-0.05, 0) is 11.6 Å². The van der Waals surface area contributed by atoms with E-state index < -0.39 is 0 Å². The molecule has 0 aliphatic carbocycles. The van der Waals surface area contributed by atoms with Crippen LogP contribution in [0.5, 0.6) is 0 Å². The largest absolute Gasteiger partial charge is 0.384 e. The second-order valence-corrected chi connectivity index (χ2v) is 5.19. The van der Waals surface area contributed by atoms with Gasteiger partial charge >= 0.3 is 0 Å². The molecule has 0 unspecified atom stereocenters. The molecule has 2 rings (SSSR count). The predicted octanol–water partition coefficient (Wildman–Crippen LogP) is 1.41. The van der Waals surface area contributed by atoms with E-state index in [0.29, 0.717) is 39.2 Å². The highest BCUT2D eigenvalue weighted by Crippen LogP contribution is 2.07. The van der Waals surface area contributed by atoms with E-state index >= 15 is 0 Å². The van der Waals surface area contributed by atoms with E-state index in [1.54, 1.807) is 23.0 Å². The van der Waals surface area contributed by atoms with E-state index in [4.69, 9.17) is 4.74 Å². The zero-order valence-corrected chi connectivity index (χ0v) is 12.9. The molecule has 1 saturated heterocycles. The smallest absolute Gasteiger partial charge is 0.246 e. The quantitative estimate of drug-likeness (QED) is 0.773. The van der Waals surface area contributed by atoms with Crippen LogP contribution in [0.2, 0.25) is 0 Å². The summed E-state index contributed by atoms with van der Waals surface area (Å²) in [5.74, 6) is 0.0848. The van der Waals surface area contributed by atoms with Gasteiger partial charge in [0.05, 0.1) is 13.0 Å². The van der Waals surface area contributed by atoms with Crippen LogP contribution in [0.4, 0.5) is 0 Å². The van der Waals surface area contributed by atoms with E-state index in [1.807, 2.05) is 36.4 Å². The second-order valence-electron chi connectivity index (χ2n) is 5.19. The van der Waals surface area contributed by atoms with Crippen molar-refractivity contribution in [1.82, 2.24) is 9.80 Å². The van der Waals surface area contributed by atoms with Crippen LogP contribution >= 0.6 is 0 Å². The molecule has 0 saturated carbocycles. The lowest BCUT2D eigenvalue weighted by molar-refractivity contribution is -0.137. The summed E-state index contributed by atoms with van der Waals surface area (Å²) in [6, 6.07) is 9.73. The number of ether oxygens (including phenoxy) is 1. The molecule has 5 nitrogen and oxygen atoms in total. The summed E-state index contributed by atoms with van der Waals surface area (Å²) >= 11 is 0. The maximum absolute atomic E-state index is 12.1. The van der Waals surface area contributed by atoms with Crippen molar-refractivity contribution in [2.45, 2.75) is 6.42 Å². The first-order valence-corrected chi connectivity index (χ1v) is 7.49. The first-order valence-electron chi connectivity index (χ1n) is 7.49. The van der Waals surface area contributed by atoms with Crippen LogP contribution in [0.3, 0.4) is 0 Å². The number of carbonyl (C=O) groups excluding carboxylic acids is 2. The van der Waals surface area contributed by atoms with Gasteiger partial charge in [-0.3, -0.25) is 9.59 Å². The third-order valence-corrected chi connectivity index (χ3v) is 3.68. The SMILES string of the molecule is COCCC(=O)N1CCN(C(=O)/C=C/c2ccccc2)CC1. The molecule has 0 bridgehead atoms. The van der Waals surface area contributed by atoms with E-state index in [2.05, 4.69) is 0 Å². The van der Waals surface area contributed by atoms with Gasteiger partial charge in [-0.15, -0.1) is 0 Å². The fourth-order valence-corrected chi connectivity index (χ4v) is 2.36. The molecular weight excluding hydrogens is 280 g/mol. The van der Waals surface area contributed by atoms with E-state index in [1.165, 1.54) is 0 Å². The molecule has 5 heteroatoms. The van der Waals surface area contributed by atoms with Crippen LogP contribution in [0.25, 0.3) is 6.08 Å². The number of nitrogens with zero attached hydrogens (tertiary/aromatic N) is 2. The second kappa shape index (κ2) is 8.34. The van der Waals surface area contributed by atoms with Crippen LogP contribution in [-0.4, -0.2) is 61.5 Å². The van der Waals surface area contributed by atoms with Crippen molar-refractivity contribution in [3.05, 3.63) is 42.0 Å². The molecule has 22 heavy (non-hydrogen) atoms. The van der Waals surface area contributed by atoms with Crippen molar-refractivity contribution in [2.24, 2.45) is 0 Å². The summed E-state index contributed by atoms with van der Waals surface area (Å²) in [5, 5.41) is 0. The Bertz CT molecular complexity index is 520. The van der Waals surface area contributed by atoms with Crippen molar-refractivity contribution in [3.8, 4) is 0 Å². The molecule has 1 aliphatic rings. The van der Waals surface area contributed by atoms with E-state index in [9.17, 15) is 9.59 Å². The molecule has 0 spiro atoms. The minimum atomic E-state index is -0.00663. The summed E-state index contributed by atoms with van der Waals surface area (Å²) in [4.78, 5) is 27.6. The number of hydrogen-bond donors (Lipinski definition) is 0. The Morgan fingerprint density at radius 3 is 2.36 bits per heavy atom. The number of hydrogen-bond acceptors (Lipinski definition) is 3. The Balaban J connectivity index is 1.80. The lowest BCUT2D eigenvalue weighted by Gasteiger charge is -2.34. The molecule has 1 aliphatic heterocycles. The third-order valence-electron chi connectivity index (χ3n) is 3.68. The Morgan fingerprint density at radius 1 is 1.09 bits per heavy atom. The summed E-state index contributed by atoms with van der Waals surface area (Å²) in [7, 11) is 1.59. The molecule has 1 fully saturated rings. The highest BCUT2D eigenvalue weighted by Gasteiger charge is 2.22. The van der Waals surface area contributed by atoms with Crippen molar-refractivity contribution in [3.63, 3.8) is 0 Å². The lowest BCUT2D eigenvalue weighted by Crippen LogP contribution is -2.50. The van der Waals surface area contributed by atoms with Crippen molar-refractivity contribution in [1.29, 1.82) is 0 Å². The molecule has 1 aromatic carbocycles. The Morgan fingerprint density at radius 2 is 1.73 bits per heavy atom. The van der Waals surface area contributed by atoms with Crippen LogP contribution in [0.15, 0.2) is 36.4 Å². The summed E-state index contributed by atoms with van der Waals surface area (Å²) in [5.41, 5.74) is 1.00. The number of carbonyl (C=O) groups is 2. The average molecular weight is 302 g/mol. The van der Waals surface area contributed by atoms with Crippen LogP contribution in [-0.2, 0) is 14.3 Å². The monoisotopic (exact) mass is 302 g/mol. The molecule has 1 heterocycles. The van der Waals surface area contributed by atoms with Gasteiger partial charge in [-0.2, -0.15) is 0 Å². The summed E-state index contributed by atoms with van der Waals surface area (Å²) < 4.78 is 4.92. The van der Waals surface area contributed by atoms with Crippen LogP contribution in [0.1, 0.15) is 12.0 Å². The fourth-order valence-electron chi connectivity index (χ4n) is 2.36. The topological polar surface area (TPSA) is 49.9 Å². The van der Waals surface area contributed by atoms with Crippen LogP contribution in [0, 0.1) is 0 Å². The molecule has 2 amide bonds. The zero-order valence-electron chi connectivity index (χ0n) is 12.9. The highest BCUT2D eigenvalue weighted by molar-refractivity contribution is 5.92. The standard InChI is InChI=1S/C17H22N2O3/c1-22-14-9-17(21)19-12-10-18(11-13-19)16(20)8-7-15-5-3-2-4-6-15/h2-8H,9-14H2,1H3/b8-7+. The van der Waals surface area contributed by atoms with E-state index in [0.717, 1.165) is 5.56 Å². The minimum absolute atomic E-state index is 0.00663. The summed E-state index contributed by atoms with van der Waals surface area (Å²) in [6.45, 7) is 2.78. The Labute approximate surface area is 131 Å². The van der Waals surface area contributed by atoms with E-state index in [-0.39, 0.29) is 11.8 Å². The number of piperazine rings is 1. The normalized spacial score (nSPS) is 15.3. The van der Waals surface area contributed by atoms with Crippen LogP contribution < -0.4 is 0 Å². The number of benzene rings is 1. The maximum atomic E-state index is 12.1. The third kappa shape index (κ3) is 4.70. The fraction of sp³-hybridized carbons (Fsp3) is 0.412. The van der Waals surface area contributed by atoms with Gasteiger partial charge in [0.1, 0.15) is 0 Å². The van der Waals surface area contributed by atoms with Crippen molar-refractivity contribution < 1.29 is 14.3 Å². The first-order chi connectivity index (χ1) is 10.7. The number of methoxy groups -OCH3 is 1. The minimum Gasteiger partial charge on any atom is -0.384 e. The molecular formula is C17H22N2O3. The molecule has 118 valence electrons. The number of amides is 2. The molecule has 0 aromatic heterocycles. The van der Waals surface area contributed by atoms with Gasteiger partial charge in [-0.1, -0.05) is 30.3 Å². The maximum Gasteiger partial charge on any atom is 0.246 e. The van der Waals surface area contributed by atoms with Gasteiger partial charge in [0.25, 0.3) is 0 Å². The molecule has 0 N–H and O–H groups in total. The van der Waals surface area contributed by atoms with Gasteiger partial charge in [0.2, 0.25) is 11.8 Å². The molecule has 0 radical (unpaired) electrons. The Kier molecular flexibility index (Phi) is 6.15. The Hall–Kier alpha value is -2.14. The predicted molar refractivity (Wildman–Crippen MR) is 85.1 cm³/mol. The van der Waals surface area contributed by atoms with Crippen molar-refractivity contribution in [2.75, 3.05) is 39.9 Å². The zero-order chi connectivity index (χ0) is 15.8.